The second-order valence-electron chi connectivity index (χ2n) is 4.78. The summed E-state index contributed by atoms with van der Waals surface area (Å²) in [4.78, 5) is 16.1. The number of carbonyl (C=O) groups is 1. The normalized spacial score (nSPS) is 16.5. The van der Waals surface area contributed by atoms with Crippen LogP contribution in [0.2, 0.25) is 0 Å². The van der Waals surface area contributed by atoms with Crippen LogP contribution in [0, 0.1) is 0 Å². The van der Waals surface area contributed by atoms with Crippen molar-refractivity contribution >= 4 is 21.9 Å². The molecule has 0 aliphatic carbocycles. The van der Waals surface area contributed by atoms with E-state index in [1.165, 1.54) is 20.2 Å². The van der Waals surface area contributed by atoms with E-state index in [0.29, 0.717) is 5.76 Å². The Kier molecular flexibility index (Phi) is 3.93. The van der Waals surface area contributed by atoms with E-state index in [9.17, 15) is 13.2 Å². The van der Waals surface area contributed by atoms with E-state index >= 15 is 0 Å². The van der Waals surface area contributed by atoms with Gasteiger partial charge in [0.05, 0.1) is 17.5 Å². The zero-order chi connectivity index (χ0) is 17.3. The molecule has 2 aromatic rings. The monoisotopic (exact) mass is 352 g/mol. The minimum atomic E-state index is -3.78. The van der Waals surface area contributed by atoms with Crippen molar-refractivity contribution in [3.63, 3.8) is 0 Å². The second-order valence-corrected chi connectivity index (χ2v) is 6.44. The van der Waals surface area contributed by atoms with Crippen LogP contribution in [0.25, 0.3) is 11.7 Å². The molecule has 0 saturated carbocycles. The molecule has 24 heavy (non-hydrogen) atoms. The predicted octanol–water partition coefficient (Wildman–Crippen LogP) is 0.908. The van der Waals surface area contributed by atoms with Crippen LogP contribution in [0.15, 0.2) is 43.5 Å². The highest BCUT2D eigenvalue weighted by Crippen LogP contribution is 2.18. The maximum atomic E-state index is 12.1. The van der Waals surface area contributed by atoms with Gasteiger partial charge in [-0.2, -0.15) is 13.4 Å². The number of nitrogens with zero attached hydrogens (tertiary/aromatic N) is 4. The lowest BCUT2D eigenvalue weighted by atomic mass is 10.2. The van der Waals surface area contributed by atoms with Gasteiger partial charge in [0.15, 0.2) is 12.4 Å². The van der Waals surface area contributed by atoms with Crippen LogP contribution in [-0.2, 0) is 26.3 Å². The first kappa shape index (κ1) is 15.9. The van der Waals surface area contributed by atoms with Gasteiger partial charge in [0.25, 0.3) is 5.89 Å². The maximum Gasteiger partial charge on any atom is 0.344 e. The second kappa shape index (κ2) is 5.92. The minimum Gasteiger partial charge on any atom is -0.459 e. The van der Waals surface area contributed by atoms with Crippen molar-refractivity contribution in [2.24, 2.45) is 4.40 Å². The molecule has 0 atom stereocenters. The summed E-state index contributed by atoms with van der Waals surface area (Å²) in [6.07, 6.45) is 2.60. The Bertz CT molecular complexity index is 926. The van der Waals surface area contributed by atoms with Crippen LogP contribution in [0.1, 0.15) is 12.7 Å². The van der Waals surface area contributed by atoms with Gasteiger partial charge in [0, 0.05) is 13.2 Å². The molecule has 3 rings (SSSR count). The average Bonchev–Trinajstić information content (AvgIpc) is 3.18. The fourth-order valence-corrected chi connectivity index (χ4v) is 2.66. The van der Waals surface area contributed by atoms with E-state index in [-0.39, 0.29) is 29.6 Å². The van der Waals surface area contributed by atoms with Crippen molar-refractivity contribution in [3.8, 4) is 11.7 Å². The van der Waals surface area contributed by atoms with Crippen molar-refractivity contribution in [2.45, 2.75) is 13.5 Å². The summed E-state index contributed by atoms with van der Waals surface area (Å²) in [5.74, 6) is -0.0551. The standard InChI is InChI=1S/C13H12N4O6S/c1-8-9(6-17(2)24(19,20)16-8)13(18)22-7-11-14-12(23-15-11)10-4-3-5-21-10/h3-6H,7H2,1-2H3. The van der Waals surface area contributed by atoms with Gasteiger partial charge >= 0.3 is 16.2 Å². The summed E-state index contributed by atoms with van der Waals surface area (Å²) in [5.41, 5.74) is 0.0737. The minimum absolute atomic E-state index is 0.0297. The van der Waals surface area contributed by atoms with Gasteiger partial charge in [-0.15, -0.1) is 4.40 Å². The van der Waals surface area contributed by atoms with Gasteiger partial charge in [0.1, 0.15) is 0 Å². The number of aromatic nitrogens is 2. The summed E-state index contributed by atoms with van der Waals surface area (Å²) in [7, 11) is -2.51. The zero-order valence-corrected chi connectivity index (χ0v) is 13.5. The zero-order valence-electron chi connectivity index (χ0n) is 12.7. The van der Waals surface area contributed by atoms with Crippen LogP contribution in [0.4, 0.5) is 0 Å². The quantitative estimate of drug-likeness (QED) is 0.743. The number of hydrogen-bond donors (Lipinski definition) is 0. The number of carbonyl (C=O) groups excluding carboxylic acids is 1. The highest BCUT2D eigenvalue weighted by molar-refractivity contribution is 7.88. The lowest BCUT2D eigenvalue weighted by Crippen LogP contribution is -2.29. The fraction of sp³-hybridized carbons (Fsp3) is 0.231. The molecule has 0 amide bonds. The molecule has 10 nitrogen and oxygen atoms in total. The third-order valence-electron chi connectivity index (χ3n) is 3.07. The lowest BCUT2D eigenvalue weighted by Gasteiger charge is -2.18. The summed E-state index contributed by atoms with van der Waals surface area (Å²) in [6.45, 7) is 1.16. The number of furan rings is 1. The highest BCUT2D eigenvalue weighted by atomic mass is 32.2. The Balaban J connectivity index is 1.67. The van der Waals surface area contributed by atoms with Gasteiger partial charge in [-0.05, 0) is 19.1 Å². The van der Waals surface area contributed by atoms with Gasteiger partial charge in [-0.3, -0.25) is 4.31 Å². The molecule has 11 heteroatoms. The van der Waals surface area contributed by atoms with E-state index in [1.807, 2.05) is 0 Å². The molecule has 0 unspecified atom stereocenters. The molecule has 0 aromatic carbocycles. The van der Waals surface area contributed by atoms with Gasteiger partial charge in [-0.25, -0.2) is 4.79 Å². The van der Waals surface area contributed by atoms with Crippen molar-refractivity contribution in [1.29, 1.82) is 0 Å². The van der Waals surface area contributed by atoms with Crippen LogP contribution in [0.5, 0.6) is 0 Å². The molecule has 0 fully saturated rings. The van der Waals surface area contributed by atoms with Crippen LogP contribution >= 0.6 is 0 Å². The van der Waals surface area contributed by atoms with Crippen molar-refractivity contribution in [2.75, 3.05) is 7.05 Å². The Morgan fingerprint density at radius 2 is 2.21 bits per heavy atom. The van der Waals surface area contributed by atoms with E-state index in [0.717, 1.165) is 10.5 Å². The average molecular weight is 352 g/mol. The van der Waals surface area contributed by atoms with Crippen molar-refractivity contribution in [3.05, 3.63) is 36.0 Å². The fourth-order valence-electron chi connectivity index (χ4n) is 1.85. The van der Waals surface area contributed by atoms with Crippen molar-refractivity contribution in [1.82, 2.24) is 14.4 Å². The first-order valence-corrected chi connectivity index (χ1v) is 8.07. The lowest BCUT2D eigenvalue weighted by molar-refractivity contribution is -0.140. The molecule has 1 aliphatic heterocycles. The Labute approximate surface area is 136 Å². The molecule has 0 bridgehead atoms. The molecular formula is C13H12N4O6S. The largest absolute Gasteiger partial charge is 0.459 e. The molecule has 0 saturated heterocycles. The van der Waals surface area contributed by atoms with E-state index in [2.05, 4.69) is 14.5 Å². The van der Waals surface area contributed by atoms with Crippen LogP contribution in [0.3, 0.4) is 0 Å². The van der Waals surface area contributed by atoms with Gasteiger partial charge < -0.3 is 13.7 Å². The van der Waals surface area contributed by atoms with Crippen LogP contribution < -0.4 is 0 Å². The topological polar surface area (TPSA) is 128 Å². The third-order valence-corrected chi connectivity index (χ3v) is 4.41. The number of esters is 1. The molecule has 1 aliphatic rings. The summed E-state index contributed by atoms with van der Waals surface area (Å²) < 4.78 is 42.6. The van der Waals surface area contributed by atoms with Crippen molar-refractivity contribution < 1.29 is 26.9 Å². The third kappa shape index (κ3) is 3.06. The number of hydrogen-bond acceptors (Lipinski definition) is 8. The molecule has 0 N–H and O–H groups in total. The summed E-state index contributed by atoms with van der Waals surface area (Å²) >= 11 is 0. The molecule has 3 heterocycles. The Morgan fingerprint density at radius 3 is 2.92 bits per heavy atom. The van der Waals surface area contributed by atoms with Gasteiger partial charge in [-0.1, -0.05) is 5.16 Å². The maximum absolute atomic E-state index is 12.1. The van der Waals surface area contributed by atoms with Crippen LogP contribution in [-0.4, -0.2) is 41.6 Å². The van der Waals surface area contributed by atoms with Gasteiger partial charge in [0.2, 0.25) is 5.82 Å². The predicted molar refractivity (Wildman–Crippen MR) is 79.7 cm³/mol. The highest BCUT2D eigenvalue weighted by Gasteiger charge is 2.26. The first-order chi connectivity index (χ1) is 11.4. The van der Waals surface area contributed by atoms with E-state index < -0.39 is 16.2 Å². The number of ether oxygens (including phenoxy) is 1. The molecule has 2 aromatic heterocycles. The number of rotatable bonds is 4. The Morgan fingerprint density at radius 1 is 1.42 bits per heavy atom. The smallest absolute Gasteiger partial charge is 0.344 e. The SMILES string of the molecule is CC1=NS(=O)(=O)N(C)C=C1C(=O)OCc1noc(-c2ccco2)n1. The summed E-state index contributed by atoms with van der Waals surface area (Å²) in [5, 5.41) is 3.67. The molecule has 0 radical (unpaired) electrons. The summed E-state index contributed by atoms with van der Waals surface area (Å²) in [6, 6.07) is 3.31. The first-order valence-electron chi connectivity index (χ1n) is 6.67. The molecule has 126 valence electrons. The van der Waals surface area contributed by atoms with E-state index in [1.54, 1.807) is 12.1 Å². The molecular weight excluding hydrogens is 340 g/mol. The molecule has 0 spiro atoms. The Hall–Kier alpha value is -2.95. The van der Waals surface area contributed by atoms with E-state index in [4.69, 9.17) is 13.7 Å².